The lowest BCUT2D eigenvalue weighted by Crippen LogP contribution is -2.70. The molecule has 1 aromatic heterocycles. The Morgan fingerprint density at radius 2 is 2.08 bits per heavy atom. The van der Waals surface area contributed by atoms with Crippen molar-refractivity contribution in [3.63, 3.8) is 0 Å². The largest absolute Gasteiger partial charge is 0.508 e. The van der Waals surface area contributed by atoms with Crippen LogP contribution in [0, 0.1) is 17.3 Å². The number of likely N-dealkylation sites (tertiary alicyclic amines) is 1. The summed E-state index contributed by atoms with van der Waals surface area (Å²) in [5, 5.41) is 10.6. The van der Waals surface area contributed by atoms with Crippen LogP contribution >= 0.6 is 0 Å². The van der Waals surface area contributed by atoms with Crippen molar-refractivity contribution in [2.24, 2.45) is 17.3 Å². The second-order valence-corrected chi connectivity index (χ2v) is 12.0. The van der Waals surface area contributed by atoms with Gasteiger partial charge in [0.2, 0.25) is 5.56 Å². The molecule has 3 aliphatic carbocycles. The first-order valence-corrected chi connectivity index (χ1v) is 13.8. The lowest BCUT2D eigenvalue weighted by Gasteiger charge is -2.67. The lowest BCUT2D eigenvalue weighted by atomic mass is 9.43. The third kappa shape index (κ3) is 3.12. The molecular weight excluding hydrogens is 450 g/mol. The molecule has 36 heavy (non-hydrogen) atoms. The zero-order chi connectivity index (χ0) is 25.2. The van der Waals surface area contributed by atoms with Crippen molar-refractivity contribution >= 4 is 5.91 Å². The number of phenolic OH excluding ortho intramolecular Hbond substituents is 1. The van der Waals surface area contributed by atoms with Crippen molar-refractivity contribution in [3.05, 3.63) is 63.6 Å². The molecule has 6 atom stereocenters. The smallest absolute Gasteiger partial charge is 0.254 e. The van der Waals surface area contributed by atoms with Gasteiger partial charge in [0.1, 0.15) is 5.75 Å². The van der Waals surface area contributed by atoms with Gasteiger partial charge in [-0.2, -0.15) is 0 Å². The summed E-state index contributed by atoms with van der Waals surface area (Å²) in [7, 11) is 1.93. The average molecular weight is 490 g/mol. The Hall–Kier alpha value is -2.60. The number of hydrogen-bond acceptors (Lipinski definition) is 4. The van der Waals surface area contributed by atoms with Gasteiger partial charge in [-0.05, 0) is 98.2 Å². The van der Waals surface area contributed by atoms with Crippen molar-refractivity contribution in [2.45, 2.75) is 76.3 Å². The van der Waals surface area contributed by atoms with Gasteiger partial charge in [-0.3, -0.25) is 14.5 Å². The van der Waals surface area contributed by atoms with E-state index >= 15 is 0 Å². The number of nitrogens with one attached hydrogen (secondary N) is 1. The second-order valence-electron chi connectivity index (χ2n) is 12.0. The number of nitrogens with zero attached hydrogens (tertiary/aromatic N) is 2. The predicted octanol–water partition coefficient (Wildman–Crippen LogP) is 4.33. The van der Waals surface area contributed by atoms with Gasteiger partial charge in [-0.1, -0.05) is 26.3 Å². The summed E-state index contributed by atoms with van der Waals surface area (Å²) in [5.41, 5.74) is 3.10. The Bertz CT molecular complexity index is 1240. The number of aromatic amines is 1. The molecule has 1 amide bonds. The minimum Gasteiger partial charge on any atom is -0.508 e. The molecule has 6 heteroatoms. The lowest BCUT2D eigenvalue weighted by molar-refractivity contribution is -0.104. The quantitative estimate of drug-likeness (QED) is 0.656. The molecular formula is C30H39N3O3. The van der Waals surface area contributed by atoms with Gasteiger partial charge in [0.25, 0.3) is 5.91 Å². The van der Waals surface area contributed by atoms with Gasteiger partial charge < -0.3 is 15.0 Å². The van der Waals surface area contributed by atoms with Crippen LogP contribution in [0.15, 0.2) is 41.3 Å². The summed E-state index contributed by atoms with van der Waals surface area (Å²) >= 11 is 0. The van der Waals surface area contributed by atoms with Gasteiger partial charge in [0.05, 0.1) is 0 Å². The molecule has 1 aromatic carbocycles. The molecule has 2 heterocycles. The minimum absolute atomic E-state index is 0.0300. The maximum absolute atomic E-state index is 13.6. The van der Waals surface area contributed by atoms with Gasteiger partial charge in [0, 0.05) is 42.4 Å². The van der Waals surface area contributed by atoms with Crippen molar-refractivity contribution < 1.29 is 9.90 Å². The van der Waals surface area contributed by atoms with E-state index in [1.54, 1.807) is 12.3 Å². The average Bonchev–Trinajstić information content (AvgIpc) is 3.04. The molecule has 4 bridgehead atoms. The second kappa shape index (κ2) is 8.47. The van der Waals surface area contributed by atoms with Crippen LogP contribution in [0.1, 0.15) is 73.9 Å². The summed E-state index contributed by atoms with van der Waals surface area (Å²) in [6.07, 6.45) is 9.43. The molecule has 192 valence electrons. The molecule has 4 aliphatic rings. The van der Waals surface area contributed by atoms with Gasteiger partial charge in [-0.15, -0.1) is 0 Å². The van der Waals surface area contributed by atoms with E-state index in [-0.39, 0.29) is 28.3 Å². The van der Waals surface area contributed by atoms with E-state index in [0.29, 0.717) is 29.2 Å². The number of carbonyl (C=O) groups is 1. The SMILES string of the molecule is CCCCN1CCC23c4cc(O)ccc4CC1C21CCC(N(C)C(=O)c2cc[nH]c(=O)c2)C3[C@@H](C)C1. The molecule has 2 aromatic rings. The van der Waals surface area contributed by atoms with Crippen LogP contribution in [-0.2, 0) is 11.8 Å². The first kappa shape index (κ1) is 23.8. The maximum atomic E-state index is 13.6. The molecule has 2 N–H and O–H groups in total. The highest BCUT2D eigenvalue weighted by atomic mass is 16.3. The summed E-state index contributed by atoms with van der Waals surface area (Å²) in [5.74, 6) is 1.10. The molecule has 1 saturated heterocycles. The van der Waals surface area contributed by atoms with Crippen LogP contribution in [0.4, 0.5) is 0 Å². The minimum atomic E-state index is -0.247. The number of phenols is 1. The zero-order valence-corrected chi connectivity index (χ0v) is 21.8. The topological polar surface area (TPSA) is 76.6 Å². The monoisotopic (exact) mass is 489 g/mol. The van der Waals surface area contributed by atoms with Crippen LogP contribution < -0.4 is 5.56 Å². The normalized spacial score (nSPS) is 34.6. The Morgan fingerprint density at radius 3 is 2.86 bits per heavy atom. The number of pyridine rings is 1. The Morgan fingerprint density at radius 1 is 1.25 bits per heavy atom. The van der Waals surface area contributed by atoms with Gasteiger partial charge in [0.15, 0.2) is 0 Å². The summed E-state index contributed by atoms with van der Waals surface area (Å²) in [4.78, 5) is 32.9. The molecule has 1 aliphatic heterocycles. The summed E-state index contributed by atoms with van der Waals surface area (Å²) < 4.78 is 0. The van der Waals surface area contributed by atoms with Crippen molar-refractivity contribution in [2.75, 3.05) is 20.1 Å². The molecule has 2 saturated carbocycles. The molecule has 0 spiro atoms. The number of rotatable bonds is 5. The number of aromatic hydroxyl groups is 1. The van der Waals surface area contributed by atoms with Crippen molar-refractivity contribution in [3.8, 4) is 5.75 Å². The number of fused-ring (bicyclic) bond motifs is 1. The third-order valence-electron chi connectivity index (χ3n) is 10.6. The summed E-state index contributed by atoms with van der Waals surface area (Å²) in [6, 6.07) is 9.84. The van der Waals surface area contributed by atoms with Crippen LogP contribution in [-0.4, -0.2) is 58.0 Å². The zero-order valence-electron chi connectivity index (χ0n) is 21.8. The van der Waals surface area contributed by atoms with E-state index in [0.717, 1.165) is 38.8 Å². The van der Waals surface area contributed by atoms with E-state index in [1.807, 2.05) is 18.0 Å². The highest BCUT2D eigenvalue weighted by molar-refractivity contribution is 5.94. The number of unbranched alkanes of at least 4 members (excludes halogenated alkanes) is 1. The van der Waals surface area contributed by atoms with Crippen molar-refractivity contribution in [1.82, 2.24) is 14.8 Å². The Balaban J connectivity index is 1.46. The highest BCUT2D eigenvalue weighted by Crippen LogP contribution is 2.73. The van der Waals surface area contributed by atoms with E-state index in [1.165, 1.54) is 36.5 Å². The van der Waals surface area contributed by atoms with Gasteiger partial charge in [-0.25, -0.2) is 0 Å². The number of benzene rings is 1. The van der Waals surface area contributed by atoms with Crippen molar-refractivity contribution in [1.29, 1.82) is 0 Å². The fraction of sp³-hybridized carbons (Fsp3) is 0.600. The standard InChI is InChI=1S/C30H39N3O3/c1-4-5-13-33-14-11-30-23-17-22(34)7-6-20(23)15-25(33)29(30)10-8-24(27(30)19(2)18-29)32(3)28(36)21-9-12-31-26(35)16-21/h6-7,9,12,16-17,19,24-25,27,34H,4-5,8,10-11,13-15,18H2,1-3H3,(H,31,35)/t19-,24?,25?,27?,29?,30?/m0/s1. The van der Waals surface area contributed by atoms with Crippen LogP contribution in [0.25, 0.3) is 0 Å². The van der Waals surface area contributed by atoms with E-state index < -0.39 is 0 Å². The van der Waals surface area contributed by atoms with E-state index in [4.69, 9.17) is 0 Å². The molecule has 0 radical (unpaired) electrons. The summed E-state index contributed by atoms with van der Waals surface area (Å²) in [6.45, 7) is 6.92. The Labute approximate surface area is 213 Å². The number of hydrogen-bond donors (Lipinski definition) is 2. The Kier molecular flexibility index (Phi) is 5.60. The number of aromatic nitrogens is 1. The molecule has 6 nitrogen and oxygen atoms in total. The molecule has 5 unspecified atom stereocenters. The maximum Gasteiger partial charge on any atom is 0.254 e. The van der Waals surface area contributed by atoms with Crippen LogP contribution in [0.5, 0.6) is 5.75 Å². The fourth-order valence-corrected chi connectivity index (χ4v) is 9.43. The highest BCUT2D eigenvalue weighted by Gasteiger charge is 2.73. The first-order chi connectivity index (χ1) is 17.3. The number of H-pyrrole nitrogens is 1. The molecule has 3 fully saturated rings. The van der Waals surface area contributed by atoms with E-state index in [2.05, 4.69) is 35.9 Å². The first-order valence-electron chi connectivity index (χ1n) is 13.8. The third-order valence-corrected chi connectivity index (χ3v) is 10.6. The van der Waals surface area contributed by atoms with Crippen LogP contribution in [0.3, 0.4) is 0 Å². The van der Waals surface area contributed by atoms with Gasteiger partial charge >= 0.3 is 0 Å². The molecule has 6 rings (SSSR count). The van der Waals surface area contributed by atoms with E-state index in [9.17, 15) is 14.7 Å². The number of carbonyl (C=O) groups excluding carboxylic acids is 1. The van der Waals surface area contributed by atoms with Crippen LogP contribution in [0.2, 0.25) is 0 Å². The fourth-order valence-electron chi connectivity index (χ4n) is 9.43. The number of piperidine rings is 1. The predicted molar refractivity (Wildman–Crippen MR) is 140 cm³/mol. The number of amides is 1.